The molecule has 33 heavy (non-hydrogen) atoms. The molecule has 4 nitrogen and oxygen atoms in total. The van der Waals surface area contributed by atoms with Crippen molar-refractivity contribution in [2.24, 2.45) is 4.99 Å². The molecule has 0 radical (unpaired) electrons. The Hall–Kier alpha value is -1.99. The van der Waals surface area contributed by atoms with Gasteiger partial charge in [-0.25, -0.2) is 0 Å². The highest BCUT2D eigenvalue weighted by Gasteiger charge is 2.43. The first-order valence-electron chi connectivity index (χ1n) is 10.6. The highest BCUT2D eigenvalue weighted by Crippen LogP contribution is 2.50. The lowest BCUT2D eigenvalue weighted by Gasteiger charge is -2.43. The van der Waals surface area contributed by atoms with Crippen LogP contribution in [0.15, 0.2) is 77.6 Å². The van der Waals surface area contributed by atoms with E-state index in [0.717, 1.165) is 35.3 Å². The molecule has 4 aromatic rings. The third kappa shape index (κ3) is 4.94. The van der Waals surface area contributed by atoms with Crippen molar-refractivity contribution in [1.82, 2.24) is 14.5 Å². The Morgan fingerprint density at radius 3 is 2.30 bits per heavy atom. The van der Waals surface area contributed by atoms with E-state index in [4.69, 9.17) is 28.2 Å². The number of hydrogen-bond acceptors (Lipinski definition) is 4. The quantitative estimate of drug-likeness (QED) is 0.258. The van der Waals surface area contributed by atoms with Gasteiger partial charge in [-0.15, -0.1) is 28.3 Å². The number of hydrogen-bond donors (Lipinski definition) is 0. The number of pyridine rings is 2. The number of aromatic nitrogens is 3. The van der Waals surface area contributed by atoms with Crippen LogP contribution in [-0.2, 0) is 18.5 Å². The SMILES string of the molecule is Br.Clc1ccc(C2(c3cs/c(=N\Cc4cccnc4)n3Cc3cccnc3)CCC2)cc1Cl. The molecule has 1 saturated carbocycles. The summed E-state index contributed by atoms with van der Waals surface area (Å²) in [5.74, 6) is 0. The van der Waals surface area contributed by atoms with E-state index < -0.39 is 0 Å². The molecular formula is C25H23BrCl2N4S. The molecule has 0 atom stereocenters. The second-order valence-electron chi connectivity index (χ2n) is 8.09. The first-order chi connectivity index (χ1) is 15.7. The number of thiazole rings is 1. The van der Waals surface area contributed by atoms with Gasteiger partial charge < -0.3 is 4.57 Å². The topological polar surface area (TPSA) is 43.1 Å². The maximum absolute atomic E-state index is 6.41. The fourth-order valence-corrected chi connectivity index (χ4v) is 5.62. The fraction of sp³-hybridized carbons (Fsp3) is 0.240. The Kier molecular flexibility index (Phi) is 7.69. The smallest absolute Gasteiger partial charge is 0.185 e. The van der Waals surface area contributed by atoms with Crippen LogP contribution in [0.25, 0.3) is 0 Å². The van der Waals surface area contributed by atoms with E-state index in [1.807, 2.05) is 36.7 Å². The van der Waals surface area contributed by atoms with E-state index in [1.165, 1.54) is 17.7 Å². The van der Waals surface area contributed by atoms with Gasteiger partial charge >= 0.3 is 0 Å². The molecule has 0 amide bonds. The van der Waals surface area contributed by atoms with Gasteiger partial charge in [0.2, 0.25) is 0 Å². The first-order valence-corrected chi connectivity index (χ1v) is 12.2. The third-order valence-electron chi connectivity index (χ3n) is 6.15. The number of rotatable bonds is 6. The van der Waals surface area contributed by atoms with Crippen LogP contribution in [0.1, 0.15) is 41.6 Å². The summed E-state index contributed by atoms with van der Waals surface area (Å²) in [6.07, 6.45) is 10.7. The molecule has 170 valence electrons. The second-order valence-corrected chi connectivity index (χ2v) is 9.74. The van der Waals surface area contributed by atoms with Crippen LogP contribution >= 0.6 is 51.5 Å². The van der Waals surface area contributed by atoms with Crippen LogP contribution < -0.4 is 4.80 Å². The lowest BCUT2D eigenvalue weighted by atomic mass is 9.62. The standard InChI is InChI=1S/C25H22Cl2N4S.BrH/c26-21-7-6-20(12-22(21)27)25(8-3-9-25)23-17-32-24(30-15-18-4-1-10-28-13-18)31(23)16-19-5-2-11-29-14-19;/h1-2,4-7,10-14,17H,3,8-9,15-16H2;1H/b30-24-;. The van der Waals surface area contributed by atoms with Gasteiger partial charge in [0.15, 0.2) is 4.80 Å². The highest BCUT2D eigenvalue weighted by molar-refractivity contribution is 8.93. The van der Waals surface area contributed by atoms with Crippen molar-refractivity contribution in [3.05, 3.63) is 110 Å². The van der Waals surface area contributed by atoms with Gasteiger partial charge in [-0.1, -0.05) is 47.8 Å². The van der Waals surface area contributed by atoms with Gasteiger partial charge in [-0.2, -0.15) is 0 Å². The van der Waals surface area contributed by atoms with E-state index in [0.29, 0.717) is 16.6 Å². The van der Waals surface area contributed by atoms with Gasteiger partial charge in [-0.3, -0.25) is 15.0 Å². The van der Waals surface area contributed by atoms with Crippen LogP contribution in [0.3, 0.4) is 0 Å². The number of halogens is 3. The zero-order valence-electron chi connectivity index (χ0n) is 17.8. The summed E-state index contributed by atoms with van der Waals surface area (Å²) < 4.78 is 2.35. The lowest BCUT2D eigenvalue weighted by Crippen LogP contribution is -2.39. The zero-order chi connectivity index (χ0) is 22.0. The Bertz CT molecular complexity index is 1280. The molecule has 5 rings (SSSR count). The Morgan fingerprint density at radius 2 is 1.70 bits per heavy atom. The summed E-state index contributed by atoms with van der Waals surface area (Å²) in [5.41, 5.74) is 4.67. The van der Waals surface area contributed by atoms with E-state index >= 15 is 0 Å². The molecule has 8 heteroatoms. The maximum atomic E-state index is 6.41. The van der Waals surface area contributed by atoms with Crippen molar-refractivity contribution >= 4 is 51.5 Å². The zero-order valence-corrected chi connectivity index (χ0v) is 21.9. The normalized spacial score (nSPS) is 15.0. The van der Waals surface area contributed by atoms with E-state index in [9.17, 15) is 0 Å². The fourth-order valence-electron chi connectivity index (χ4n) is 4.33. The molecule has 0 N–H and O–H groups in total. The molecule has 1 fully saturated rings. The molecule has 1 aliphatic carbocycles. The minimum atomic E-state index is -0.0744. The van der Waals surface area contributed by atoms with E-state index in [1.54, 1.807) is 23.7 Å². The average Bonchev–Trinajstić information content (AvgIpc) is 3.18. The van der Waals surface area contributed by atoms with Gasteiger partial charge in [0, 0.05) is 41.3 Å². The van der Waals surface area contributed by atoms with Crippen LogP contribution in [0.5, 0.6) is 0 Å². The monoisotopic (exact) mass is 560 g/mol. The average molecular weight is 562 g/mol. The summed E-state index contributed by atoms with van der Waals surface area (Å²) in [4.78, 5) is 14.5. The van der Waals surface area contributed by atoms with Crippen LogP contribution in [-0.4, -0.2) is 14.5 Å². The Morgan fingerprint density at radius 1 is 0.970 bits per heavy atom. The van der Waals surface area contributed by atoms with Gasteiger partial charge in [0.05, 0.1) is 23.1 Å². The summed E-state index contributed by atoms with van der Waals surface area (Å²) in [6, 6.07) is 14.1. The predicted molar refractivity (Wildman–Crippen MR) is 141 cm³/mol. The maximum Gasteiger partial charge on any atom is 0.185 e. The molecular weight excluding hydrogens is 539 g/mol. The van der Waals surface area contributed by atoms with Crippen molar-refractivity contribution in [3.63, 3.8) is 0 Å². The minimum Gasteiger partial charge on any atom is -0.316 e. The van der Waals surface area contributed by atoms with Crippen LogP contribution in [0.2, 0.25) is 10.0 Å². The summed E-state index contributed by atoms with van der Waals surface area (Å²) in [7, 11) is 0. The van der Waals surface area contributed by atoms with Crippen LogP contribution in [0, 0.1) is 0 Å². The third-order valence-corrected chi connectivity index (χ3v) is 7.79. The largest absolute Gasteiger partial charge is 0.316 e. The molecule has 0 bridgehead atoms. The molecule has 0 saturated heterocycles. The summed E-state index contributed by atoms with van der Waals surface area (Å²) in [6.45, 7) is 1.32. The number of nitrogens with zero attached hydrogens (tertiary/aromatic N) is 4. The van der Waals surface area contributed by atoms with Gasteiger partial charge in [-0.05, 0) is 53.8 Å². The summed E-state index contributed by atoms with van der Waals surface area (Å²) >= 11 is 14.3. The predicted octanol–water partition coefficient (Wildman–Crippen LogP) is 6.84. The van der Waals surface area contributed by atoms with Crippen molar-refractivity contribution < 1.29 is 0 Å². The van der Waals surface area contributed by atoms with Gasteiger partial charge in [0.1, 0.15) is 0 Å². The van der Waals surface area contributed by atoms with Crippen molar-refractivity contribution in [1.29, 1.82) is 0 Å². The number of benzene rings is 1. The van der Waals surface area contributed by atoms with Crippen LogP contribution in [0.4, 0.5) is 0 Å². The van der Waals surface area contributed by atoms with Gasteiger partial charge in [0.25, 0.3) is 0 Å². The molecule has 0 unspecified atom stereocenters. The van der Waals surface area contributed by atoms with E-state index in [2.05, 4.69) is 38.1 Å². The van der Waals surface area contributed by atoms with Crippen molar-refractivity contribution in [3.8, 4) is 0 Å². The van der Waals surface area contributed by atoms with E-state index in [-0.39, 0.29) is 22.4 Å². The Labute approximate surface area is 217 Å². The molecule has 1 aliphatic rings. The lowest BCUT2D eigenvalue weighted by molar-refractivity contribution is 0.284. The molecule has 0 spiro atoms. The molecule has 3 heterocycles. The molecule has 0 aliphatic heterocycles. The Balaban J connectivity index is 0.00000259. The van der Waals surface area contributed by atoms with Crippen molar-refractivity contribution in [2.75, 3.05) is 0 Å². The summed E-state index contributed by atoms with van der Waals surface area (Å²) in [5, 5.41) is 3.46. The molecule has 1 aromatic carbocycles. The van der Waals surface area contributed by atoms with Crippen molar-refractivity contribution in [2.45, 2.75) is 37.8 Å². The first kappa shape index (κ1) is 24.1. The second kappa shape index (κ2) is 10.5. The highest BCUT2D eigenvalue weighted by atomic mass is 79.9. The molecule has 3 aromatic heterocycles. The minimum absolute atomic E-state index is 0.